The molecule has 1 saturated heterocycles. The molecule has 2 unspecified atom stereocenters. The molecule has 5 nitrogen and oxygen atoms in total. The van der Waals surface area contributed by atoms with E-state index in [0.717, 1.165) is 12.5 Å². The number of hydrogen-bond acceptors (Lipinski definition) is 4. The highest BCUT2D eigenvalue weighted by Crippen LogP contribution is 2.20. The van der Waals surface area contributed by atoms with E-state index in [9.17, 15) is 12.8 Å². The van der Waals surface area contributed by atoms with Crippen molar-refractivity contribution in [2.45, 2.75) is 24.5 Å². The highest BCUT2D eigenvalue weighted by Gasteiger charge is 2.27. The molecule has 1 N–H and O–H groups in total. The molecule has 1 aliphatic rings. The largest absolute Gasteiger partial charge is 0.378 e. The smallest absolute Gasteiger partial charge is 0.261 e. The Bertz CT molecular complexity index is 521. The molecule has 0 amide bonds. The van der Waals surface area contributed by atoms with Gasteiger partial charge in [0, 0.05) is 25.3 Å². The molecule has 1 aromatic heterocycles. The summed E-state index contributed by atoms with van der Waals surface area (Å²) >= 11 is 0. The minimum atomic E-state index is -3.89. The van der Waals surface area contributed by atoms with Gasteiger partial charge in [-0.25, -0.2) is 22.5 Å². The number of aromatic nitrogens is 1. The van der Waals surface area contributed by atoms with E-state index in [1.165, 1.54) is 12.3 Å². The Morgan fingerprint density at radius 3 is 3.00 bits per heavy atom. The number of pyridine rings is 1. The Labute approximate surface area is 105 Å². The van der Waals surface area contributed by atoms with Crippen LogP contribution in [0.25, 0.3) is 0 Å². The Morgan fingerprint density at radius 2 is 2.39 bits per heavy atom. The Balaban J connectivity index is 2.06. The topological polar surface area (TPSA) is 68.3 Å². The lowest BCUT2D eigenvalue weighted by Gasteiger charge is -2.14. The summed E-state index contributed by atoms with van der Waals surface area (Å²) in [6.45, 7) is 2.76. The second-order valence-electron chi connectivity index (χ2n) is 4.27. The molecule has 0 saturated carbocycles. The van der Waals surface area contributed by atoms with Gasteiger partial charge in [-0.15, -0.1) is 0 Å². The van der Waals surface area contributed by atoms with E-state index in [0.29, 0.717) is 6.61 Å². The molecule has 0 spiro atoms. The molecule has 100 valence electrons. The van der Waals surface area contributed by atoms with Crippen molar-refractivity contribution in [3.8, 4) is 0 Å². The molecule has 1 aliphatic heterocycles. The Hall–Kier alpha value is -1.05. The third-order valence-corrected chi connectivity index (χ3v) is 4.40. The summed E-state index contributed by atoms with van der Waals surface area (Å²) < 4.78 is 44.8. The van der Waals surface area contributed by atoms with Gasteiger partial charge in [-0.3, -0.25) is 0 Å². The molecule has 18 heavy (non-hydrogen) atoms. The zero-order valence-electron chi connectivity index (χ0n) is 9.97. The average molecular weight is 274 g/mol. The van der Waals surface area contributed by atoms with Crippen LogP contribution in [-0.4, -0.2) is 32.7 Å². The fraction of sp³-hybridized carbons (Fsp3) is 0.545. The fourth-order valence-corrected chi connectivity index (χ4v) is 2.99. The first-order valence-electron chi connectivity index (χ1n) is 5.72. The summed E-state index contributed by atoms with van der Waals surface area (Å²) in [6.07, 6.45) is 2.06. The lowest BCUT2D eigenvalue weighted by molar-refractivity contribution is 0.107. The van der Waals surface area contributed by atoms with Gasteiger partial charge in [0.1, 0.15) is 0 Å². The van der Waals surface area contributed by atoms with Crippen LogP contribution in [0.2, 0.25) is 0 Å². The molecular weight excluding hydrogens is 259 g/mol. The third-order valence-electron chi connectivity index (χ3n) is 3.05. The monoisotopic (exact) mass is 274 g/mol. The molecule has 0 radical (unpaired) electrons. The Kier molecular flexibility index (Phi) is 3.94. The number of halogens is 1. The summed E-state index contributed by atoms with van der Waals surface area (Å²) in [7, 11) is -3.89. The van der Waals surface area contributed by atoms with Crippen LogP contribution in [0, 0.1) is 11.7 Å². The molecule has 2 rings (SSSR count). The third kappa shape index (κ3) is 2.85. The predicted octanol–water partition coefficient (Wildman–Crippen LogP) is 0.924. The second-order valence-corrected chi connectivity index (χ2v) is 5.95. The van der Waals surface area contributed by atoms with E-state index in [2.05, 4.69) is 9.71 Å². The summed E-state index contributed by atoms with van der Waals surface area (Å²) in [5.74, 6) is -0.729. The van der Waals surface area contributed by atoms with Gasteiger partial charge in [0.25, 0.3) is 10.0 Å². The highest BCUT2D eigenvalue weighted by molar-refractivity contribution is 7.89. The normalized spacial score (nSPS) is 24.3. The van der Waals surface area contributed by atoms with Crippen LogP contribution in [0.15, 0.2) is 23.4 Å². The van der Waals surface area contributed by atoms with E-state index in [4.69, 9.17) is 4.74 Å². The van der Waals surface area contributed by atoms with Crippen molar-refractivity contribution in [2.75, 3.05) is 13.2 Å². The number of sulfonamides is 1. The lowest BCUT2D eigenvalue weighted by atomic mass is 10.0. The van der Waals surface area contributed by atoms with Crippen molar-refractivity contribution in [3.63, 3.8) is 0 Å². The minimum Gasteiger partial charge on any atom is -0.378 e. The van der Waals surface area contributed by atoms with Gasteiger partial charge in [0.15, 0.2) is 5.82 Å². The van der Waals surface area contributed by atoms with Crippen LogP contribution in [-0.2, 0) is 14.8 Å². The maximum Gasteiger partial charge on any atom is 0.261 e. The first-order valence-corrected chi connectivity index (χ1v) is 7.21. The van der Waals surface area contributed by atoms with Gasteiger partial charge >= 0.3 is 0 Å². The zero-order chi connectivity index (χ0) is 13.2. The highest BCUT2D eigenvalue weighted by atomic mass is 32.2. The fourth-order valence-electron chi connectivity index (χ4n) is 1.90. The number of nitrogens with zero attached hydrogens (tertiary/aromatic N) is 1. The van der Waals surface area contributed by atoms with Crippen molar-refractivity contribution in [2.24, 2.45) is 5.92 Å². The summed E-state index contributed by atoms with van der Waals surface area (Å²) in [4.78, 5) is 3.56. The van der Waals surface area contributed by atoms with Crippen molar-refractivity contribution >= 4 is 10.0 Å². The molecule has 0 bridgehead atoms. The van der Waals surface area contributed by atoms with Crippen molar-refractivity contribution in [3.05, 3.63) is 24.1 Å². The second kappa shape index (κ2) is 5.29. The first-order chi connectivity index (χ1) is 8.50. The van der Waals surface area contributed by atoms with E-state index in [-0.39, 0.29) is 18.6 Å². The van der Waals surface area contributed by atoms with Gasteiger partial charge < -0.3 is 4.74 Å². The molecule has 0 aliphatic carbocycles. The van der Waals surface area contributed by atoms with Gasteiger partial charge in [-0.05, 0) is 25.5 Å². The van der Waals surface area contributed by atoms with Crippen LogP contribution in [0.1, 0.15) is 13.3 Å². The molecule has 1 fully saturated rings. The van der Waals surface area contributed by atoms with Crippen molar-refractivity contribution in [1.82, 2.24) is 9.71 Å². The van der Waals surface area contributed by atoms with Gasteiger partial charge in [0.05, 0.1) is 6.10 Å². The average Bonchev–Trinajstić information content (AvgIpc) is 2.73. The van der Waals surface area contributed by atoms with Crippen LogP contribution >= 0.6 is 0 Å². The maximum atomic E-state index is 13.4. The lowest BCUT2D eigenvalue weighted by Crippen LogP contribution is -2.32. The van der Waals surface area contributed by atoms with Crippen molar-refractivity contribution < 1.29 is 17.5 Å². The maximum absolute atomic E-state index is 13.4. The number of ether oxygens (including phenoxy) is 1. The minimum absolute atomic E-state index is 0.0151. The molecule has 1 aromatic rings. The molecule has 2 atom stereocenters. The van der Waals surface area contributed by atoms with E-state index in [1.807, 2.05) is 6.92 Å². The SMILES string of the molecule is CC1OCCC1CNS(=O)(=O)c1ncccc1F. The van der Waals surface area contributed by atoms with Crippen LogP contribution in [0.3, 0.4) is 0 Å². The number of hydrogen-bond donors (Lipinski definition) is 1. The number of nitrogens with one attached hydrogen (secondary N) is 1. The molecular formula is C11H15FN2O3S. The van der Waals surface area contributed by atoms with Crippen molar-refractivity contribution in [1.29, 1.82) is 0 Å². The summed E-state index contributed by atoms with van der Waals surface area (Å²) in [5, 5.41) is -0.559. The standard InChI is InChI=1S/C11H15FN2O3S/c1-8-9(4-6-17-8)7-14-18(15,16)11-10(12)3-2-5-13-11/h2-3,5,8-9,14H,4,6-7H2,1H3. The van der Waals surface area contributed by atoms with Crippen LogP contribution in [0.5, 0.6) is 0 Å². The Morgan fingerprint density at radius 1 is 1.61 bits per heavy atom. The number of rotatable bonds is 4. The van der Waals surface area contributed by atoms with Crippen LogP contribution < -0.4 is 4.72 Å². The van der Waals surface area contributed by atoms with Gasteiger partial charge in [-0.2, -0.15) is 0 Å². The summed E-state index contributed by atoms with van der Waals surface area (Å²) in [5.41, 5.74) is 0. The quantitative estimate of drug-likeness (QED) is 0.886. The summed E-state index contributed by atoms with van der Waals surface area (Å²) in [6, 6.07) is 2.42. The van der Waals surface area contributed by atoms with Gasteiger partial charge in [0.2, 0.25) is 5.03 Å². The molecule has 0 aromatic carbocycles. The van der Waals surface area contributed by atoms with E-state index in [1.54, 1.807) is 0 Å². The van der Waals surface area contributed by atoms with Gasteiger partial charge in [-0.1, -0.05) is 0 Å². The predicted molar refractivity (Wildman–Crippen MR) is 62.9 cm³/mol. The van der Waals surface area contributed by atoms with Crippen LogP contribution in [0.4, 0.5) is 4.39 Å². The first kappa shape index (κ1) is 13.4. The molecule has 7 heteroatoms. The van der Waals surface area contributed by atoms with E-state index < -0.39 is 20.9 Å². The van der Waals surface area contributed by atoms with E-state index >= 15 is 0 Å². The zero-order valence-corrected chi connectivity index (χ0v) is 10.8. The molecule has 2 heterocycles.